The normalized spacial score (nSPS) is 16.6. The molecule has 1 unspecified atom stereocenters. The van der Waals surface area contributed by atoms with Crippen molar-refractivity contribution in [3.63, 3.8) is 0 Å². The van der Waals surface area contributed by atoms with Crippen LogP contribution < -0.4 is 15.9 Å². The predicted molar refractivity (Wildman–Crippen MR) is 141 cm³/mol. The number of methoxy groups -OCH3 is 1. The van der Waals surface area contributed by atoms with Gasteiger partial charge in [0.25, 0.3) is 0 Å². The highest BCUT2D eigenvalue weighted by molar-refractivity contribution is 7.27. The maximum atomic E-state index is 14.2. The number of likely N-dealkylation sites (N-methyl/N-ethyl adjacent to an activating group) is 1. The minimum atomic E-state index is -4.40. The van der Waals surface area contributed by atoms with Crippen molar-refractivity contribution in [2.24, 2.45) is 5.73 Å². The number of para-hydroxylation sites is 1. The first-order chi connectivity index (χ1) is 16.7. The molecule has 5 rings (SSSR count). The van der Waals surface area contributed by atoms with Crippen LogP contribution in [0.25, 0.3) is 5.57 Å². The van der Waals surface area contributed by atoms with Crippen molar-refractivity contribution in [3.05, 3.63) is 87.3 Å². The molecule has 2 fully saturated rings. The van der Waals surface area contributed by atoms with Crippen molar-refractivity contribution in [1.82, 2.24) is 0 Å². The Kier molecular flexibility index (Phi) is 7.44. The first-order valence-electron chi connectivity index (χ1n) is 11.8. The second-order valence-corrected chi connectivity index (χ2v) is 9.72. The van der Waals surface area contributed by atoms with E-state index in [-0.39, 0.29) is 12.0 Å². The quantitative estimate of drug-likeness (QED) is 0.402. The van der Waals surface area contributed by atoms with Crippen molar-refractivity contribution in [1.29, 1.82) is 0 Å². The molecule has 0 bridgehead atoms. The highest BCUT2D eigenvalue weighted by Crippen LogP contribution is 2.51. The number of aryl methyl sites for hydroxylation is 1. The Morgan fingerprint density at radius 1 is 1.06 bits per heavy atom. The molecule has 1 aliphatic heterocycles. The van der Waals surface area contributed by atoms with Crippen LogP contribution in [-0.2, 0) is 11.2 Å². The lowest BCUT2D eigenvalue weighted by molar-refractivity contribution is -0.0694. The number of nitrogens with zero attached hydrogens (tertiary/aromatic N) is 1. The van der Waals surface area contributed by atoms with Crippen LogP contribution in [0.5, 0.6) is 0 Å². The van der Waals surface area contributed by atoms with Gasteiger partial charge < -0.3 is 15.4 Å². The van der Waals surface area contributed by atoms with E-state index in [2.05, 4.69) is 9.24 Å². The molecule has 2 aliphatic carbocycles. The summed E-state index contributed by atoms with van der Waals surface area (Å²) in [4.78, 5) is 1.94. The molecule has 1 heterocycles. The molecule has 2 aromatic rings. The molecule has 2 aromatic carbocycles. The summed E-state index contributed by atoms with van der Waals surface area (Å²) in [5, 5.41) is 0.980. The molecule has 0 aromatic heterocycles. The highest BCUT2D eigenvalue weighted by Gasteiger charge is 2.43. The standard InChI is InChI=1S/C22H21F3NP.C6H11NO/c1-13-6-5-7-15(21(13)27)12-17-19(22(23,24)25)16-8-3-4-9-18(16)26(2)20(17)14-10-11-14;1-8-6(4-7)5-2-3-5/h3-9H,10-12,27H2,1-2H3;2-4,7H2,1H3. The number of nitrogens with two attached hydrogens (primary N) is 1. The minimum absolute atomic E-state index is 0.269. The van der Waals surface area contributed by atoms with Gasteiger partial charge in [-0.15, -0.1) is 9.24 Å². The number of hydrogen-bond acceptors (Lipinski definition) is 3. The average Bonchev–Trinajstić information content (AvgIpc) is 3.72. The molecule has 7 heteroatoms. The van der Waals surface area contributed by atoms with Gasteiger partial charge in [-0.3, -0.25) is 0 Å². The Bertz CT molecular complexity index is 1210. The third-order valence-electron chi connectivity index (χ3n) is 6.68. The molecule has 1 atom stereocenters. The molecule has 0 saturated heterocycles. The van der Waals surface area contributed by atoms with E-state index in [1.54, 1.807) is 31.4 Å². The summed E-state index contributed by atoms with van der Waals surface area (Å²) in [6.45, 7) is 2.54. The van der Waals surface area contributed by atoms with Gasteiger partial charge in [0.2, 0.25) is 0 Å². The summed E-state index contributed by atoms with van der Waals surface area (Å²) in [7, 11) is 6.24. The SMILES string of the molecule is COC(CN)=C1CC1.Cc1cccc(CC2=C(C(F)(F)F)c3ccccc3N(C)C2=C2CC2)c1P. The molecule has 0 amide bonds. The Morgan fingerprint density at radius 2 is 1.74 bits per heavy atom. The average molecular weight is 501 g/mol. The molecule has 2 N–H and O–H groups in total. The zero-order valence-corrected chi connectivity index (χ0v) is 21.6. The van der Waals surface area contributed by atoms with Crippen LogP contribution in [0.2, 0.25) is 0 Å². The fourth-order valence-corrected chi connectivity index (χ4v) is 4.92. The van der Waals surface area contributed by atoms with Gasteiger partial charge in [0, 0.05) is 30.4 Å². The van der Waals surface area contributed by atoms with E-state index in [0.29, 0.717) is 17.8 Å². The molecule has 3 aliphatic rings. The molecular weight excluding hydrogens is 468 g/mol. The van der Waals surface area contributed by atoms with Crippen molar-refractivity contribution >= 4 is 25.8 Å². The van der Waals surface area contributed by atoms with Crippen molar-refractivity contribution in [2.45, 2.75) is 45.2 Å². The molecule has 186 valence electrons. The van der Waals surface area contributed by atoms with Crippen LogP contribution >= 0.6 is 9.24 Å². The van der Waals surface area contributed by atoms with Gasteiger partial charge in [0.1, 0.15) is 5.76 Å². The zero-order chi connectivity index (χ0) is 25.3. The van der Waals surface area contributed by atoms with E-state index in [1.165, 1.54) is 18.4 Å². The van der Waals surface area contributed by atoms with Gasteiger partial charge in [0.15, 0.2) is 0 Å². The van der Waals surface area contributed by atoms with Crippen molar-refractivity contribution in [3.8, 4) is 0 Å². The summed E-state index contributed by atoms with van der Waals surface area (Å²) < 4.78 is 47.7. The van der Waals surface area contributed by atoms with E-state index < -0.39 is 11.7 Å². The number of rotatable bonds is 4. The number of fused-ring (bicyclic) bond motifs is 1. The second kappa shape index (κ2) is 10.2. The van der Waals surface area contributed by atoms with Crippen molar-refractivity contribution in [2.75, 3.05) is 25.6 Å². The van der Waals surface area contributed by atoms with E-state index in [4.69, 9.17) is 10.5 Å². The van der Waals surface area contributed by atoms with Crippen LogP contribution in [0.4, 0.5) is 18.9 Å². The van der Waals surface area contributed by atoms with Crippen LogP contribution in [0.3, 0.4) is 0 Å². The van der Waals surface area contributed by atoms with Gasteiger partial charge in [-0.2, -0.15) is 13.2 Å². The molecular formula is C28H32F3N2OP. The monoisotopic (exact) mass is 500 g/mol. The lowest BCUT2D eigenvalue weighted by Crippen LogP contribution is -2.29. The summed E-state index contributed by atoms with van der Waals surface area (Å²) in [6, 6.07) is 12.6. The third kappa shape index (κ3) is 5.49. The number of ether oxygens (including phenoxy) is 1. The van der Waals surface area contributed by atoms with E-state index in [1.807, 2.05) is 37.1 Å². The molecule has 2 saturated carbocycles. The third-order valence-corrected chi connectivity index (χ3v) is 7.51. The smallest absolute Gasteiger partial charge is 0.417 e. The first kappa shape index (κ1) is 25.5. The Morgan fingerprint density at radius 3 is 2.29 bits per heavy atom. The highest BCUT2D eigenvalue weighted by atomic mass is 31.0. The second-order valence-electron chi connectivity index (χ2n) is 9.14. The fourth-order valence-electron chi connectivity index (χ4n) is 4.63. The lowest BCUT2D eigenvalue weighted by Gasteiger charge is -2.35. The number of hydrogen-bond donors (Lipinski definition) is 1. The van der Waals surface area contributed by atoms with Gasteiger partial charge in [-0.05, 0) is 71.8 Å². The van der Waals surface area contributed by atoms with E-state index >= 15 is 0 Å². The number of allylic oxidation sites excluding steroid dienone is 4. The van der Waals surface area contributed by atoms with Crippen LogP contribution in [-0.4, -0.2) is 26.9 Å². The Balaban J connectivity index is 0.000000308. The van der Waals surface area contributed by atoms with E-state index in [0.717, 1.165) is 46.3 Å². The van der Waals surface area contributed by atoms with Gasteiger partial charge in [-0.25, -0.2) is 0 Å². The molecule has 35 heavy (non-hydrogen) atoms. The summed E-state index contributed by atoms with van der Waals surface area (Å²) >= 11 is 0. The number of anilines is 1. The maximum absolute atomic E-state index is 14.2. The predicted octanol–water partition coefficient (Wildman–Crippen LogP) is 6.19. The van der Waals surface area contributed by atoms with Gasteiger partial charge >= 0.3 is 6.18 Å². The molecule has 3 nitrogen and oxygen atoms in total. The fraction of sp³-hybridized carbons (Fsp3) is 0.357. The largest absolute Gasteiger partial charge is 0.500 e. The first-order valence-corrected chi connectivity index (χ1v) is 12.4. The number of benzene rings is 2. The van der Waals surface area contributed by atoms with Crippen LogP contribution in [0, 0.1) is 6.92 Å². The van der Waals surface area contributed by atoms with Crippen LogP contribution in [0.15, 0.2) is 70.6 Å². The van der Waals surface area contributed by atoms with Gasteiger partial charge in [-0.1, -0.05) is 36.4 Å². The van der Waals surface area contributed by atoms with Crippen molar-refractivity contribution < 1.29 is 17.9 Å². The summed E-state index contributed by atoms with van der Waals surface area (Å²) in [5.41, 5.74) is 11.4. The maximum Gasteiger partial charge on any atom is 0.417 e. The molecule has 0 spiro atoms. The number of alkyl halides is 3. The lowest BCUT2D eigenvalue weighted by atomic mass is 9.86. The Labute approximate surface area is 207 Å². The topological polar surface area (TPSA) is 38.5 Å². The zero-order valence-electron chi connectivity index (χ0n) is 20.4. The molecule has 0 radical (unpaired) electrons. The van der Waals surface area contributed by atoms with E-state index in [9.17, 15) is 13.2 Å². The van der Waals surface area contributed by atoms with Crippen LogP contribution in [0.1, 0.15) is 42.4 Å². The summed E-state index contributed by atoms with van der Waals surface area (Å²) in [5.74, 6) is 0.991. The van der Waals surface area contributed by atoms with Gasteiger partial charge in [0.05, 0.1) is 19.2 Å². The number of halogens is 3. The summed E-state index contributed by atoms with van der Waals surface area (Å²) in [6.07, 6.45) is 0.00192. The minimum Gasteiger partial charge on any atom is -0.500 e. The Hall–Kier alpha value is -2.56.